The first-order chi connectivity index (χ1) is 14.5. The van der Waals surface area contributed by atoms with Gasteiger partial charge in [0.1, 0.15) is 5.75 Å². The van der Waals surface area contributed by atoms with Gasteiger partial charge in [-0.25, -0.2) is 8.42 Å². The van der Waals surface area contributed by atoms with Crippen molar-refractivity contribution in [2.75, 3.05) is 38.2 Å². The molecule has 1 N–H and O–H groups in total. The van der Waals surface area contributed by atoms with Crippen molar-refractivity contribution >= 4 is 21.6 Å². The van der Waals surface area contributed by atoms with Crippen LogP contribution >= 0.6 is 0 Å². The lowest BCUT2D eigenvalue weighted by Crippen LogP contribution is -2.40. The SMILES string of the molecule is CCCCCOc1ccc(C(=O)Nc2ccc(S(=O)(=O)N3CCOCC3)cc2)cc1. The van der Waals surface area contributed by atoms with Crippen LogP contribution in [-0.2, 0) is 14.8 Å². The molecule has 7 nitrogen and oxygen atoms in total. The largest absolute Gasteiger partial charge is 0.494 e. The van der Waals surface area contributed by atoms with Gasteiger partial charge in [-0.05, 0) is 55.0 Å². The highest BCUT2D eigenvalue weighted by Crippen LogP contribution is 2.20. The predicted molar refractivity (Wildman–Crippen MR) is 115 cm³/mol. The van der Waals surface area contributed by atoms with Crippen molar-refractivity contribution in [2.45, 2.75) is 31.1 Å². The van der Waals surface area contributed by atoms with Crippen LogP contribution in [0, 0.1) is 0 Å². The van der Waals surface area contributed by atoms with Gasteiger partial charge < -0.3 is 14.8 Å². The molecule has 0 saturated carbocycles. The number of benzene rings is 2. The maximum atomic E-state index is 12.7. The lowest BCUT2D eigenvalue weighted by atomic mass is 10.2. The van der Waals surface area contributed by atoms with Gasteiger partial charge in [0, 0.05) is 24.3 Å². The lowest BCUT2D eigenvalue weighted by molar-refractivity contribution is 0.0730. The van der Waals surface area contributed by atoms with Crippen LogP contribution in [0.1, 0.15) is 36.5 Å². The number of hydrogen-bond acceptors (Lipinski definition) is 5. The molecular weight excluding hydrogens is 404 g/mol. The molecule has 2 aromatic carbocycles. The van der Waals surface area contributed by atoms with E-state index in [-0.39, 0.29) is 10.8 Å². The summed E-state index contributed by atoms with van der Waals surface area (Å²) in [4.78, 5) is 12.7. The first-order valence-electron chi connectivity index (χ1n) is 10.2. The standard InChI is InChI=1S/C22H28N2O5S/c1-2-3-4-15-29-20-9-5-18(6-10-20)22(25)23-19-7-11-21(12-8-19)30(26,27)24-13-16-28-17-14-24/h5-12H,2-4,13-17H2,1H3,(H,23,25). The van der Waals surface area contributed by atoms with Crippen LogP contribution in [-0.4, -0.2) is 51.5 Å². The molecule has 8 heteroatoms. The fourth-order valence-electron chi connectivity index (χ4n) is 3.09. The van der Waals surface area contributed by atoms with Crippen LogP contribution in [0.25, 0.3) is 0 Å². The fraction of sp³-hybridized carbons (Fsp3) is 0.409. The van der Waals surface area contributed by atoms with Gasteiger partial charge in [0.25, 0.3) is 5.91 Å². The third-order valence-electron chi connectivity index (χ3n) is 4.85. The highest BCUT2D eigenvalue weighted by molar-refractivity contribution is 7.89. The zero-order valence-corrected chi connectivity index (χ0v) is 18.0. The molecule has 162 valence electrons. The third-order valence-corrected chi connectivity index (χ3v) is 6.77. The van der Waals surface area contributed by atoms with E-state index >= 15 is 0 Å². The van der Waals surface area contributed by atoms with E-state index in [1.165, 1.54) is 16.4 Å². The molecule has 1 aliphatic rings. The number of unbranched alkanes of at least 4 members (excludes halogenated alkanes) is 2. The summed E-state index contributed by atoms with van der Waals surface area (Å²) in [6.07, 6.45) is 3.28. The van der Waals surface area contributed by atoms with Crippen LogP contribution in [0.2, 0.25) is 0 Å². The molecule has 30 heavy (non-hydrogen) atoms. The van der Waals surface area contributed by atoms with Crippen LogP contribution in [0.15, 0.2) is 53.4 Å². The molecule has 3 rings (SSSR count). The van der Waals surface area contributed by atoms with E-state index in [2.05, 4.69) is 12.2 Å². The van der Waals surface area contributed by atoms with Crippen LogP contribution in [0.3, 0.4) is 0 Å². The number of nitrogens with one attached hydrogen (secondary N) is 1. The van der Waals surface area contributed by atoms with Crippen molar-refractivity contribution < 1.29 is 22.7 Å². The number of hydrogen-bond donors (Lipinski definition) is 1. The van der Waals surface area contributed by atoms with Crippen molar-refractivity contribution in [3.8, 4) is 5.75 Å². The minimum atomic E-state index is -3.55. The minimum Gasteiger partial charge on any atom is -0.494 e. The van der Waals surface area contributed by atoms with Gasteiger partial charge in [-0.1, -0.05) is 19.8 Å². The van der Waals surface area contributed by atoms with Gasteiger partial charge in [-0.2, -0.15) is 4.31 Å². The Morgan fingerprint density at radius 2 is 1.70 bits per heavy atom. The third kappa shape index (κ3) is 5.81. The molecular formula is C22H28N2O5S. The van der Waals surface area contributed by atoms with E-state index in [0.717, 1.165) is 25.0 Å². The zero-order chi connectivity index (χ0) is 21.4. The quantitative estimate of drug-likeness (QED) is 0.613. The molecule has 0 unspecified atom stereocenters. The number of morpholine rings is 1. The summed E-state index contributed by atoms with van der Waals surface area (Å²) in [5.41, 5.74) is 1.03. The van der Waals surface area contributed by atoms with E-state index in [0.29, 0.717) is 44.2 Å². The summed E-state index contributed by atoms with van der Waals surface area (Å²) < 4.78 is 37.6. The summed E-state index contributed by atoms with van der Waals surface area (Å²) in [6, 6.07) is 13.2. The van der Waals surface area contributed by atoms with Crippen LogP contribution in [0.5, 0.6) is 5.75 Å². The topological polar surface area (TPSA) is 84.9 Å². The molecule has 0 radical (unpaired) electrons. The molecule has 2 aromatic rings. The Kier molecular flexibility index (Phi) is 7.84. The second-order valence-corrected chi connectivity index (χ2v) is 9.01. The second-order valence-electron chi connectivity index (χ2n) is 7.07. The fourth-order valence-corrected chi connectivity index (χ4v) is 4.50. The first kappa shape index (κ1) is 22.3. The van der Waals surface area contributed by atoms with Crippen molar-refractivity contribution in [3.05, 3.63) is 54.1 Å². The predicted octanol–water partition coefficient (Wildman–Crippen LogP) is 3.53. The summed E-state index contributed by atoms with van der Waals surface area (Å²) in [5, 5.41) is 2.79. The molecule has 1 amide bonds. The van der Waals surface area contributed by atoms with E-state index < -0.39 is 10.0 Å². The molecule has 1 saturated heterocycles. The molecule has 0 spiro atoms. The highest BCUT2D eigenvalue weighted by Gasteiger charge is 2.26. The second kappa shape index (κ2) is 10.6. The smallest absolute Gasteiger partial charge is 0.255 e. The highest BCUT2D eigenvalue weighted by atomic mass is 32.2. The monoisotopic (exact) mass is 432 g/mol. The number of rotatable bonds is 9. The van der Waals surface area contributed by atoms with E-state index in [1.807, 2.05) is 0 Å². The molecule has 1 fully saturated rings. The minimum absolute atomic E-state index is 0.201. The van der Waals surface area contributed by atoms with Crippen molar-refractivity contribution in [2.24, 2.45) is 0 Å². The number of amides is 1. The Morgan fingerprint density at radius 3 is 2.33 bits per heavy atom. The van der Waals surface area contributed by atoms with Crippen LogP contribution < -0.4 is 10.1 Å². The summed E-state index contributed by atoms with van der Waals surface area (Å²) in [7, 11) is -3.55. The Labute approximate surface area is 178 Å². The zero-order valence-electron chi connectivity index (χ0n) is 17.2. The van der Waals surface area contributed by atoms with Gasteiger partial charge in [-0.3, -0.25) is 4.79 Å². The molecule has 1 heterocycles. The first-order valence-corrected chi connectivity index (χ1v) is 11.7. The summed E-state index contributed by atoms with van der Waals surface area (Å²) in [6.45, 7) is 4.30. The van der Waals surface area contributed by atoms with E-state index in [9.17, 15) is 13.2 Å². The molecule has 0 atom stereocenters. The van der Waals surface area contributed by atoms with Gasteiger partial charge in [0.05, 0.1) is 24.7 Å². The van der Waals surface area contributed by atoms with Crippen molar-refractivity contribution in [3.63, 3.8) is 0 Å². The van der Waals surface area contributed by atoms with E-state index in [1.54, 1.807) is 36.4 Å². The lowest BCUT2D eigenvalue weighted by Gasteiger charge is -2.26. The number of carbonyl (C=O) groups excluding carboxylic acids is 1. The molecule has 0 aromatic heterocycles. The van der Waals surface area contributed by atoms with Crippen molar-refractivity contribution in [1.82, 2.24) is 4.31 Å². The average molecular weight is 433 g/mol. The number of anilines is 1. The molecule has 1 aliphatic heterocycles. The summed E-state index contributed by atoms with van der Waals surface area (Å²) in [5.74, 6) is 0.469. The maximum absolute atomic E-state index is 12.7. The van der Waals surface area contributed by atoms with E-state index in [4.69, 9.17) is 9.47 Å². The Hall–Kier alpha value is -2.42. The number of nitrogens with zero attached hydrogens (tertiary/aromatic N) is 1. The average Bonchev–Trinajstić information content (AvgIpc) is 2.78. The Balaban J connectivity index is 1.57. The van der Waals surface area contributed by atoms with Gasteiger partial charge in [0.2, 0.25) is 10.0 Å². The molecule has 0 aliphatic carbocycles. The normalized spacial score (nSPS) is 15.0. The Bertz CT molecular complexity index is 921. The Morgan fingerprint density at radius 1 is 1.03 bits per heavy atom. The number of sulfonamides is 1. The number of carbonyl (C=O) groups is 1. The van der Waals surface area contributed by atoms with Crippen LogP contribution in [0.4, 0.5) is 5.69 Å². The maximum Gasteiger partial charge on any atom is 0.255 e. The summed E-state index contributed by atoms with van der Waals surface area (Å²) >= 11 is 0. The molecule has 0 bridgehead atoms. The van der Waals surface area contributed by atoms with Gasteiger partial charge in [0.15, 0.2) is 0 Å². The van der Waals surface area contributed by atoms with Gasteiger partial charge >= 0.3 is 0 Å². The number of ether oxygens (including phenoxy) is 2. The van der Waals surface area contributed by atoms with Crippen molar-refractivity contribution in [1.29, 1.82) is 0 Å². The van der Waals surface area contributed by atoms with Gasteiger partial charge in [-0.15, -0.1) is 0 Å².